The number of aromatic nitrogens is 3. The third kappa shape index (κ3) is 3.52. The fourth-order valence-electron chi connectivity index (χ4n) is 2.44. The van der Waals surface area contributed by atoms with E-state index in [0.29, 0.717) is 22.0 Å². The van der Waals surface area contributed by atoms with E-state index in [1.807, 2.05) is 19.9 Å². The summed E-state index contributed by atoms with van der Waals surface area (Å²) in [7, 11) is 0. The summed E-state index contributed by atoms with van der Waals surface area (Å²) in [4.78, 5) is 20.5. The molecule has 0 amide bonds. The Morgan fingerprint density at radius 1 is 1.24 bits per heavy atom. The number of rotatable bonds is 2. The zero-order valence-electron chi connectivity index (χ0n) is 14.0. The van der Waals surface area contributed by atoms with Crippen molar-refractivity contribution < 1.29 is 4.39 Å². The first kappa shape index (κ1) is 18.6. The molecule has 0 aliphatic heterocycles. The first-order chi connectivity index (χ1) is 12.0. The Bertz CT molecular complexity index is 1020. The summed E-state index contributed by atoms with van der Waals surface area (Å²) in [6.07, 6.45) is 4.03. The fourth-order valence-corrected chi connectivity index (χ4v) is 2.59. The predicted octanol–water partition coefficient (Wildman–Crippen LogP) is 4.11. The highest BCUT2D eigenvalue weighted by atomic mass is 35.5. The van der Waals surface area contributed by atoms with E-state index in [4.69, 9.17) is 16.9 Å². The van der Waals surface area contributed by atoms with Crippen molar-refractivity contribution in [3.05, 3.63) is 57.6 Å². The van der Waals surface area contributed by atoms with Gasteiger partial charge in [-0.1, -0.05) is 25.4 Å². The first-order valence-electron chi connectivity index (χ1n) is 7.69. The van der Waals surface area contributed by atoms with Crippen molar-refractivity contribution in [2.75, 3.05) is 0 Å². The van der Waals surface area contributed by atoms with Crippen LogP contribution in [-0.4, -0.2) is 14.5 Å². The van der Waals surface area contributed by atoms with Gasteiger partial charge in [-0.2, -0.15) is 5.26 Å². The van der Waals surface area contributed by atoms with Gasteiger partial charge in [-0.25, -0.2) is 9.37 Å². The van der Waals surface area contributed by atoms with Gasteiger partial charge in [0.15, 0.2) is 0 Å². The summed E-state index contributed by atoms with van der Waals surface area (Å²) in [6.45, 7) is 5.43. The van der Waals surface area contributed by atoms with E-state index in [-0.39, 0.29) is 17.3 Å². The van der Waals surface area contributed by atoms with E-state index in [2.05, 4.69) is 9.97 Å². The highest BCUT2D eigenvalue weighted by Gasteiger charge is 2.15. The van der Waals surface area contributed by atoms with E-state index in [9.17, 15) is 9.18 Å². The standard InChI is InChI=1S/C16H10ClFN4O.C2H6/c1-9-12(7-20-8-13(9)18)11-4-10-6-21-15(17)5-14(10)22(3-2-19)16(11)23;1-2/h4-8H,3H2,1H3;1-2H3. The average Bonchev–Trinajstić information content (AvgIpc) is 2.62. The molecule has 25 heavy (non-hydrogen) atoms. The third-order valence-corrected chi connectivity index (χ3v) is 3.82. The van der Waals surface area contributed by atoms with Gasteiger partial charge in [-0.15, -0.1) is 0 Å². The molecule has 0 spiro atoms. The van der Waals surface area contributed by atoms with Gasteiger partial charge in [0, 0.05) is 28.9 Å². The van der Waals surface area contributed by atoms with Gasteiger partial charge in [-0.05, 0) is 24.6 Å². The number of halogens is 2. The molecule has 0 bridgehead atoms. The first-order valence-corrected chi connectivity index (χ1v) is 8.07. The van der Waals surface area contributed by atoms with Crippen molar-refractivity contribution >= 4 is 22.5 Å². The van der Waals surface area contributed by atoms with E-state index in [1.165, 1.54) is 23.0 Å². The van der Waals surface area contributed by atoms with Crippen LogP contribution in [-0.2, 0) is 6.54 Å². The minimum absolute atomic E-state index is 0.148. The van der Waals surface area contributed by atoms with Gasteiger partial charge in [-0.3, -0.25) is 14.3 Å². The molecule has 3 rings (SSSR count). The summed E-state index contributed by atoms with van der Waals surface area (Å²) in [5.74, 6) is -0.497. The van der Waals surface area contributed by atoms with Crippen LogP contribution in [0.2, 0.25) is 5.15 Å². The summed E-state index contributed by atoms with van der Waals surface area (Å²) in [5.41, 5.74) is 1.07. The summed E-state index contributed by atoms with van der Waals surface area (Å²) in [6, 6.07) is 5.08. The molecule has 5 nitrogen and oxygen atoms in total. The Morgan fingerprint density at radius 3 is 2.64 bits per heavy atom. The van der Waals surface area contributed by atoms with Crippen molar-refractivity contribution in [2.45, 2.75) is 27.3 Å². The summed E-state index contributed by atoms with van der Waals surface area (Å²) < 4.78 is 15.1. The van der Waals surface area contributed by atoms with Crippen LogP contribution in [0.4, 0.5) is 4.39 Å². The zero-order valence-corrected chi connectivity index (χ0v) is 14.8. The van der Waals surface area contributed by atoms with Crippen molar-refractivity contribution in [2.24, 2.45) is 0 Å². The second kappa shape index (κ2) is 7.86. The molecule has 0 aromatic carbocycles. The van der Waals surface area contributed by atoms with E-state index < -0.39 is 11.4 Å². The maximum atomic E-state index is 13.8. The van der Waals surface area contributed by atoms with Crippen LogP contribution in [0, 0.1) is 24.1 Å². The van der Waals surface area contributed by atoms with Gasteiger partial charge in [0.05, 0.1) is 17.8 Å². The number of pyridine rings is 3. The number of nitriles is 1. The highest BCUT2D eigenvalue weighted by molar-refractivity contribution is 6.30. The van der Waals surface area contributed by atoms with Gasteiger partial charge in [0.25, 0.3) is 5.56 Å². The molecule has 0 saturated carbocycles. The lowest BCUT2D eigenvalue weighted by Crippen LogP contribution is -2.22. The molecule has 3 aromatic rings. The molecule has 0 N–H and O–H groups in total. The highest BCUT2D eigenvalue weighted by Crippen LogP contribution is 2.25. The molecule has 0 atom stereocenters. The molecule has 128 valence electrons. The van der Waals surface area contributed by atoms with Crippen molar-refractivity contribution in [1.82, 2.24) is 14.5 Å². The minimum Gasteiger partial charge on any atom is -0.294 e. The quantitative estimate of drug-likeness (QED) is 0.646. The van der Waals surface area contributed by atoms with Crippen LogP contribution in [0.1, 0.15) is 19.4 Å². The Kier molecular flexibility index (Phi) is 5.84. The lowest BCUT2D eigenvalue weighted by molar-refractivity contribution is 0.612. The molecule has 3 heterocycles. The molecule has 0 unspecified atom stereocenters. The Hall–Kier alpha value is -2.78. The van der Waals surface area contributed by atoms with Crippen molar-refractivity contribution in [3.63, 3.8) is 0 Å². The molecule has 0 aliphatic rings. The summed E-state index contributed by atoms with van der Waals surface area (Å²) in [5, 5.41) is 9.85. The lowest BCUT2D eigenvalue weighted by atomic mass is 10.0. The van der Waals surface area contributed by atoms with Crippen LogP contribution in [0.5, 0.6) is 0 Å². The van der Waals surface area contributed by atoms with Crippen LogP contribution in [0.25, 0.3) is 22.0 Å². The Morgan fingerprint density at radius 2 is 1.96 bits per heavy atom. The van der Waals surface area contributed by atoms with Crippen LogP contribution >= 0.6 is 11.6 Å². The molecule has 3 aromatic heterocycles. The van der Waals surface area contributed by atoms with Gasteiger partial charge in [0.2, 0.25) is 0 Å². The SMILES string of the molecule is CC.Cc1c(F)cncc1-c1cc2cnc(Cl)cc2n(CC#N)c1=O. The molecule has 7 heteroatoms. The van der Waals surface area contributed by atoms with E-state index in [1.54, 1.807) is 13.0 Å². The van der Waals surface area contributed by atoms with Gasteiger partial charge >= 0.3 is 0 Å². The minimum atomic E-state index is -0.497. The van der Waals surface area contributed by atoms with Gasteiger partial charge < -0.3 is 0 Å². The maximum Gasteiger partial charge on any atom is 0.259 e. The van der Waals surface area contributed by atoms with Crippen LogP contribution < -0.4 is 5.56 Å². The number of hydrogen-bond acceptors (Lipinski definition) is 4. The van der Waals surface area contributed by atoms with Crippen LogP contribution in [0.3, 0.4) is 0 Å². The molecular weight excluding hydrogens is 343 g/mol. The number of hydrogen-bond donors (Lipinski definition) is 0. The molecule has 0 radical (unpaired) electrons. The molecule has 0 saturated heterocycles. The monoisotopic (exact) mass is 358 g/mol. The smallest absolute Gasteiger partial charge is 0.259 e. The van der Waals surface area contributed by atoms with E-state index in [0.717, 1.165) is 6.20 Å². The third-order valence-electron chi connectivity index (χ3n) is 3.62. The predicted molar refractivity (Wildman–Crippen MR) is 95.9 cm³/mol. The average molecular weight is 359 g/mol. The lowest BCUT2D eigenvalue weighted by Gasteiger charge is -2.12. The van der Waals surface area contributed by atoms with Crippen LogP contribution in [0.15, 0.2) is 35.5 Å². The summed E-state index contributed by atoms with van der Waals surface area (Å²) >= 11 is 5.88. The zero-order chi connectivity index (χ0) is 18.6. The topological polar surface area (TPSA) is 71.6 Å². The number of fused-ring (bicyclic) bond motifs is 1. The second-order valence-electron chi connectivity index (χ2n) is 4.97. The molecule has 0 aliphatic carbocycles. The van der Waals surface area contributed by atoms with Gasteiger partial charge in [0.1, 0.15) is 17.5 Å². The van der Waals surface area contributed by atoms with Crippen molar-refractivity contribution in [1.29, 1.82) is 5.26 Å². The van der Waals surface area contributed by atoms with Crippen molar-refractivity contribution in [3.8, 4) is 17.2 Å². The largest absolute Gasteiger partial charge is 0.294 e. The Labute approximate surface area is 149 Å². The normalized spacial score (nSPS) is 10.1. The number of nitrogens with zero attached hydrogens (tertiary/aromatic N) is 4. The molecule has 0 fully saturated rings. The Balaban J connectivity index is 0.00000109. The second-order valence-corrected chi connectivity index (χ2v) is 5.35. The molecular formula is C18H16ClFN4O. The van der Waals surface area contributed by atoms with E-state index >= 15 is 0 Å². The fraction of sp³-hybridized carbons (Fsp3) is 0.222. The maximum absolute atomic E-state index is 13.8.